The Morgan fingerprint density at radius 2 is 1.80 bits per heavy atom. The topological polar surface area (TPSA) is 46.6 Å². The van der Waals surface area contributed by atoms with Crippen LogP contribution < -0.4 is 0 Å². The van der Waals surface area contributed by atoms with Crippen molar-refractivity contribution in [3.05, 3.63) is 69.7 Å². The second-order valence-corrected chi connectivity index (χ2v) is 6.33. The maximum Gasteiger partial charge on any atom is 0.333 e. The summed E-state index contributed by atoms with van der Waals surface area (Å²) in [4.78, 5) is 26.5. The van der Waals surface area contributed by atoms with E-state index in [9.17, 15) is 9.59 Å². The van der Waals surface area contributed by atoms with Gasteiger partial charge in [-0.2, -0.15) is 0 Å². The lowest BCUT2D eigenvalue weighted by atomic mass is 10.0. The molecular weight excluding hydrogens is 361 g/mol. The molecule has 0 aliphatic heterocycles. The van der Waals surface area contributed by atoms with E-state index in [0.717, 1.165) is 0 Å². The van der Waals surface area contributed by atoms with Crippen LogP contribution in [0.25, 0.3) is 0 Å². The summed E-state index contributed by atoms with van der Waals surface area (Å²) in [5, 5.41) is 0.921. The summed E-state index contributed by atoms with van der Waals surface area (Å²) in [5.41, 5.74) is 1.34. The zero-order valence-corrected chi connectivity index (χ0v) is 15.6. The summed E-state index contributed by atoms with van der Waals surface area (Å²) in [7, 11) is 1.58. The monoisotopic (exact) mass is 379 g/mol. The van der Waals surface area contributed by atoms with Crippen molar-refractivity contribution in [2.45, 2.75) is 19.4 Å². The Balaban J connectivity index is 2.24. The average molecular weight is 380 g/mol. The van der Waals surface area contributed by atoms with Gasteiger partial charge in [0.05, 0.1) is 13.0 Å². The van der Waals surface area contributed by atoms with E-state index in [-0.39, 0.29) is 18.9 Å². The fraction of sp³-hybridized carbons (Fsp3) is 0.263. The fourth-order valence-corrected chi connectivity index (χ4v) is 2.95. The smallest absolute Gasteiger partial charge is 0.333 e. The molecule has 0 heterocycles. The Hall–Kier alpha value is -2.04. The summed E-state index contributed by atoms with van der Waals surface area (Å²) in [6.07, 6.45) is 0.0647. The lowest BCUT2D eigenvalue weighted by Crippen LogP contribution is -2.37. The van der Waals surface area contributed by atoms with E-state index in [0.29, 0.717) is 21.2 Å². The molecule has 4 nitrogen and oxygen atoms in total. The molecule has 2 rings (SSSR count). The minimum Gasteiger partial charge on any atom is -0.464 e. The van der Waals surface area contributed by atoms with Gasteiger partial charge in [0.25, 0.3) is 0 Å². The van der Waals surface area contributed by atoms with Crippen molar-refractivity contribution in [3.63, 3.8) is 0 Å². The van der Waals surface area contributed by atoms with E-state index < -0.39 is 12.0 Å². The van der Waals surface area contributed by atoms with E-state index in [1.165, 1.54) is 4.90 Å². The normalized spacial score (nSPS) is 11.7. The maximum atomic E-state index is 12.7. The van der Waals surface area contributed by atoms with Gasteiger partial charge in [-0.15, -0.1) is 0 Å². The summed E-state index contributed by atoms with van der Waals surface area (Å²) < 4.78 is 5.14. The maximum absolute atomic E-state index is 12.7. The Morgan fingerprint density at radius 1 is 1.12 bits per heavy atom. The van der Waals surface area contributed by atoms with Crippen LogP contribution >= 0.6 is 23.2 Å². The van der Waals surface area contributed by atoms with Gasteiger partial charge < -0.3 is 9.64 Å². The SMILES string of the molecule is CCOC(=O)C(c1ccccc1)N(C)C(=O)Cc1ccc(Cl)cc1Cl. The molecule has 6 heteroatoms. The molecule has 0 saturated heterocycles. The van der Waals surface area contributed by atoms with Crippen LogP contribution in [0.5, 0.6) is 0 Å². The molecule has 0 aromatic heterocycles. The number of hydrogen-bond acceptors (Lipinski definition) is 3. The van der Waals surface area contributed by atoms with Crippen LogP contribution in [0.15, 0.2) is 48.5 Å². The quantitative estimate of drug-likeness (QED) is 0.702. The van der Waals surface area contributed by atoms with E-state index >= 15 is 0 Å². The van der Waals surface area contributed by atoms with Gasteiger partial charge in [-0.3, -0.25) is 4.79 Å². The van der Waals surface area contributed by atoms with Gasteiger partial charge in [-0.25, -0.2) is 4.79 Å². The number of rotatable bonds is 6. The Labute approximate surface area is 157 Å². The molecular formula is C19H19Cl2NO3. The molecule has 0 spiro atoms. The van der Waals surface area contributed by atoms with Crippen molar-refractivity contribution in [2.75, 3.05) is 13.7 Å². The number of hydrogen-bond donors (Lipinski definition) is 0. The number of esters is 1. The third-order valence-corrected chi connectivity index (χ3v) is 4.35. The van der Waals surface area contributed by atoms with E-state index in [2.05, 4.69) is 0 Å². The van der Waals surface area contributed by atoms with E-state index in [1.807, 2.05) is 18.2 Å². The van der Waals surface area contributed by atoms with Crippen molar-refractivity contribution >= 4 is 35.1 Å². The van der Waals surface area contributed by atoms with Crippen LogP contribution in [0.4, 0.5) is 0 Å². The van der Waals surface area contributed by atoms with Gasteiger partial charge in [0.1, 0.15) is 0 Å². The Bertz CT molecular complexity index is 750. The summed E-state index contributed by atoms with van der Waals surface area (Å²) in [5.74, 6) is -0.710. The first kappa shape index (κ1) is 19.3. The fourth-order valence-electron chi connectivity index (χ4n) is 2.47. The zero-order chi connectivity index (χ0) is 18.4. The molecule has 2 aromatic carbocycles. The largest absolute Gasteiger partial charge is 0.464 e. The van der Waals surface area contributed by atoms with Crippen molar-refractivity contribution in [2.24, 2.45) is 0 Å². The molecule has 0 radical (unpaired) electrons. The highest BCUT2D eigenvalue weighted by Crippen LogP contribution is 2.25. The second kappa shape index (κ2) is 8.88. The average Bonchev–Trinajstić information content (AvgIpc) is 2.58. The van der Waals surface area contributed by atoms with Crippen molar-refractivity contribution in [1.29, 1.82) is 0 Å². The van der Waals surface area contributed by atoms with Gasteiger partial charge in [0, 0.05) is 17.1 Å². The van der Waals surface area contributed by atoms with E-state index in [1.54, 1.807) is 44.3 Å². The van der Waals surface area contributed by atoms with Crippen molar-refractivity contribution < 1.29 is 14.3 Å². The number of halogens is 2. The highest BCUT2D eigenvalue weighted by molar-refractivity contribution is 6.35. The molecule has 1 amide bonds. The van der Waals surface area contributed by atoms with Crippen LogP contribution in [-0.2, 0) is 20.7 Å². The highest BCUT2D eigenvalue weighted by atomic mass is 35.5. The van der Waals surface area contributed by atoms with Gasteiger partial charge in [0.15, 0.2) is 6.04 Å². The molecule has 0 bridgehead atoms. The molecule has 132 valence electrons. The van der Waals surface area contributed by atoms with Crippen LogP contribution in [0.2, 0.25) is 10.0 Å². The summed E-state index contributed by atoms with van der Waals surface area (Å²) in [6, 6.07) is 13.2. The Morgan fingerprint density at radius 3 is 2.40 bits per heavy atom. The number of ether oxygens (including phenoxy) is 1. The number of carbonyl (C=O) groups excluding carboxylic acids is 2. The molecule has 0 saturated carbocycles. The van der Waals surface area contributed by atoms with Crippen LogP contribution in [0, 0.1) is 0 Å². The first-order valence-corrected chi connectivity index (χ1v) is 8.60. The van der Waals surface area contributed by atoms with Gasteiger partial charge in [-0.05, 0) is 30.2 Å². The molecule has 1 atom stereocenters. The molecule has 25 heavy (non-hydrogen) atoms. The summed E-state index contributed by atoms with van der Waals surface area (Å²) in [6.45, 7) is 1.97. The molecule has 0 N–H and O–H groups in total. The third-order valence-electron chi connectivity index (χ3n) is 3.76. The molecule has 0 fully saturated rings. The number of carbonyl (C=O) groups is 2. The van der Waals surface area contributed by atoms with Crippen LogP contribution in [0.1, 0.15) is 24.1 Å². The van der Waals surface area contributed by atoms with Crippen LogP contribution in [-0.4, -0.2) is 30.4 Å². The second-order valence-electron chi connectivity index (χ2n) is 5.48. The lowest BCUT2D eigenvalue weighted by Gasteiger charge is -2.27. The molecule has 0 aliphatic rings. The van der Waals surface area contributed by atoms with Crippen molar-refractivity contribution in [3.8, 4) is 0 Å². The molecule has 1 unspecified atom stereocenters. The predicted octanol–water partition coefficient (Wildman–Crippen LogP) is 4.30. The predicted molar refractivity (Wildman–Crippen MR) is 98.8 cm³/mol. The molecule has 2 aromatic rings. The van der Waals surface area contributed by atoms with E-state index in [4.69, 9.17) is 27.9 Å². The van der Waals surface area contributed by atoms with Gasteiger partial charge >= 0.3 is 5.97 Å². The number of amides is 1. The highest BCUT2D eigenvalue weighted by Gasteiger charge is 2.29. The minimum absolute atomic E-state index is 0.0647. The zero-order valence-electron chi connectivity index (χ0n) is 14.0. The van der Waals surface area contributed by atoms with Crippen LogP contribution in [0.3, 0.4) is 0 Å². The first-order valence-electron chi connectivity index (χ1n) is 7.85. The van der Waals surface area contributed by atoms with Gasteiger partial charge in [-0.1, -0.05) is 59.6 Å². The Kier molecular flexibility index (Phi) is 6.85. The lowest BCUT2D eigenvalue weighted by molar-refractivity contribution is -0.154. The van der Waals surface area contributed by atoms with Gasteiger partial charge in [0.2, 0.25) is 5.91 Å². The number of benzene rings is 2. The number of likely N-dealkylation sites (N-methyl/N-ethyl adjacent to an activating group) is 1. The standard InChI is InChI=1S/C19H19Cl2NO3/c1-3-25-19(24)18(13-7-5-4-6-8-13)22(2)17(23)11-14-9-10-15(20)12-16(14)21/h4-10,12,18H,3,11H2,1-2H3. The third kappa shape index (κ3) is 4.97. The first-order chi connectivity index (χ1) is 11.9. The van der Waals surface area contributed by atoms with Crippen molar-refractivity contribution in [1.82, 2.24) is 4.90 Å². The number of nitrogens with zero attached hydrogens (tertiary/aromatic N) is 1. The summed E-state index contributed by atoms with van der Waals surface area (Å²) >= 11 is 12.0. The minimum atomic E-state index is -0.806. The molecule has 0 aliphatic carbocycles.